The third-order valence-corrected chi connectivity index (χ3v) is 3.00. The summed E-state index contributed by atoms with van der Waals surface area (Å²) >= 11 is 0. The fourth-order valence-electron chi connectivity index (χ4n) is 1.86. The number of carboxylic acids is 1. The van der Waals surface area contributed by atoms with Crippen LogP contribution in [0, 0.1) is 0 Å². The van der Waals surface area contributed by atoms with E-state index in [-0.39, 0.29) is 22.7 Å². The first-order valence-electron chi connectivity index (χ1n) is 6.74. The molecule has 116 valence electrons. The third-order valence-electron chi connectivity index (χ3n) is 3.00. The van der Waals surface area contributed by atoms with Gasteiger partial charge in [0.1, 0.15) is 5.69 Å². The summed E-state index contributed by atoms with van der Waals surface area (Å²) in [5.41, 5.74) is 0.234. The lowest BCUT2D eigenvalue weighted by Gasteiger charge is -2.03. The lowest BCUT2D eigenvalue weighted by molar-refractivity contribution is -0.113. The Hall–Kier alpha value is -3.28. The number of hydrogen-bond donors (Lipinski definition) is 2. The van der Waals surface area contributed by atoms with Crippen LogP contribution in [-0.2, 0) is 4.79 Å². The number of carboxylic acid groups (broad SMARTS) is 1. The van der Waals surface area contributed by atoms with Crippen molar-refractivity contribution in [3.8, 4) is 0 Å². The van der Waals surface area contributed by atoms with E-state index in [0.29, 0.717) is 5.56 Å². The Balaban J connectivity index is 2.46. The molecule has 0 saturated heterocycles. The lowest BCUT2D eigenvalue weighted by Crippen LogP contribution is -1.99. The number of aliphatic hydroxyl groups is 1. The van der Waals surface area contributed by atoms with Gasteiger partial charge in [0, 0.05) is 12.5 Å². The summed E-state index contributed by atoms with van der Waals surface area (Å²) in [4.78, 5) is 22.8. The molecule has 6 heteroatoms. The molecule has 2 rings (SSSR count). The normalized spacial score (nSPS) is 12.0. The topological polar surface area (TPSA) is 99.3 Å². The Labute approximate surface area is 132 Å². The minimum atomic E-state index is -1.15. The summed E-state index contributed by atoms with van der Waals surface area (Å²) in [5, 5.41) is 26.8. The van der Waals surface area contributed by atoms with E-state index in [1.165, 1.54) is 19.1 Å². The molecule has 0 heterocycles. The van der Waals surface area contributed by atoms with Crippen molar-refractivity contribution in [2.24, 2.45) is 10.2 Å². The third kappa shape index (κ3) is 3.88. The molecule has 23 heavy (non-hydrogen) atoms. The molecule has 0 unspecified atom stereocenters. The summed E-state index contributed by atoms with van der Waals surface area (Å²) in [7, 11) is 0. The summed E-state index contributed by atoms with van der Waals surface area (Å²) in [6, 6.07) is 14.4. The van der Waals surface area contributed by atoms with E-state index in [9.17, 15) is 14.7 Å². The zero-order chi connectivity index (χ0) is 16.8. The number of benzene rings is 2. The second-order valence-electron chi connectivity index (χ2n) is 4.64. The van der Waals surface area contributed by atoms with Gasteiger partial charge in [0.05, 0.1) is 5.56 Å². The molecule has 0 spiro atoms. The summed E-state index contributed by atoms with van der Waals surface area (Å²) in [6.45, 7) is 1.25. The number of carbonyl (C=O) groups is 2. The fourth-order valence-corrected chi connectivity index (χ4v) is 1.86. The van der Waals surface area contributed by atoms with E-state index < -0.39 is 11.8 Å². The summed E-state index contributed by atoms with van der Waals surface area (Å²) in [6.07, 6.45) is 0. The SMILES string of the molecule is CC(=O)/C(N=Nc1ccccc1C(=O)O)=C(\O)c1ccccc1. The Morgan fingerprint density at radius 2 is 1.52 bits per heavy atom. The molecule has 0 aliphatic carbocycles. The Morgan fingerprint density at radius 1 is 0.913 bits per heavy atom. The van der Waals surface area contributed by atoms with E-state index >= 15 is 0 Å². The van der Waals surface area contributed by atoms with Crippen molar-refractivity contribution in [3.05, 3.63) is 71.4 Å². The molecule has 0 amide bonds. The lowest BCUT2D eigenvalue weighted by atomic mass is 10.1. The molecule has 0 saturated carbocycles. The number of hydrogen-bond acceptors (Lipinski definition) is 5. The van der Waals surface area contributed by atoms with Crippen molar-refractivity contribution >= 4 is 23.2 Å². The predicted octanol–water partition coefficient (Wildman–Crippen LogP) is 3.98. The maximum Gasteiger partial charge on any atom is 0.337 e. The highest BCUT2D eigenvalue weighted by Crippen LogP contribution is 2.23. The molecule has 0 bridgehead atoms. The molecule has 0 aliphatic rings. The monoisotopic (exact) mass is 310 g/mol. The van der Waals surface area contributed by atoms with Crippen LogP contribution in [0.4, 0.5) is 5.69 Å². The average molecular weight is 310 g/mol. The van der Waals surface area contributed by atoms with E-state index in [1.54, 1.807) is 42.5 Å². The van der Waals surface area contributed by atoms with Crippen molar-refractivity contribution in [3.63, 3.8) is 0 Å². The molecule has 0 radical (unpaired) electrons. The first kappa shape index (κ1) is 16.1. The summed E-state index contributed by atoms with van der Waals surface area (Å²) < 4.78 is 0. The van der Waals surface area contributed by atoms with Crippen LogP contribution in [0.2, 0.25) is 0 Å². The van der Waals surface area contributed by atoms with Crippen LogP contribution in [0.25, 0.3) is 5.76 Å². The molecule has 2 aromatic rings. The Morgan fingerprint density at radius 3 is 2.13 bits per heavy atom. The van der Waals surface area contributed by atoms with Gasteiger partial charge in [-0.05, 0) is 12.1 Å². The van der Waals surface area contributed by atoms with Gasteiger partial charge in [-0.15, -0.1) is 10.2 Å². The van der Waals surface area contributed by atoms with Crippen LogP contribution in [0.3, 0.4) is 0 Å². The quantitative estimate of drug-likeness (QED) is 0.495. The van der Waals surface area contributed by atoms with Crippen molar-refractivity contribution in [1.82, 2.24) is 0 Å². The number of Topliss-reactive ketones (excluding diaryl/α,β-unsaturated/α-hetero) is 1. The number of azo groups is 1. The van der Waals surface area contributed by atoms with Crippen LogP contribution in [0.1, 0.15) is 22.8 Å². The van der Waals surface area contributed by atoms with Gasteiger partial charge in [-0.3, -0.25) is 4.79 Å². The van der Waals surface area contributed by atoms with Crippen molar-refractivity contribution in [2.75, 3.05) is 0 Å². The zero-order valence-electron chi connectivity index (χ0n) is 12.3. The minimum absolute atomic E-state index is 0.0432. The standard InChI is InChI=1S/C17H14N2O4/c1-11(20)15(16(21)12-7-3-2-4-8-12)19-18-14-10-6-5-9-13(14)17(22)23/h2-10,21H,1H3,(H,22,23)/b16-15+,19-18?. The molecule has 0 aromatic heterocycles. The first-order chi connectivity index (χ1) is 11.0. The number of rotatable bonds is 5. The van der Waals surface area contributed by atoms with Gasteiger partial charge in [-0.2, -0.15) is 0 Å². The first-order valence-corrected chi connectivity index (χ1v) is 6.74. The molecule has 0 atom stereocenters. The largest absolute Gasteiger partial charge is 0.505 e. The smallest absolute Gasteiger partial charge is 0.337 e. The molecule has 6 nitrogen and oxygen atoms in total. The van der Waals surface area contributed by atoms with Crippen molar-refractivity contribution in [2.45, 2.75) is 6.92 Å². The second kappa shape index (κ2) is 7.13. The summed E-state index contributed by atoms with van der Waals surface area (Å²) in [5.74, 6) is -1.95. The number of carbonyl (C=O) groups excluding carboxylic acids is 1. The van der Waals surface area contributed by atoms with Crippen LogP contribution >= 0.6 is 0 Å². The van der Waals surface area contributed by atoms with E-state index in [4.69, 9.17) is 5.11 Å². The van der Waals surface area contributed by atoms with Gasteiger partial charge in [0.2, 0.25) is 0 Å². The zero-order valence-corrected chi connectivity index (χ0v) is 12.3. The maximum absolute atomic E-state index is 11.7. The Bertz CT molecular complexity index is 795. The predicted molar refractivity (Wildman–Crippen MR) is 84.6 cm³/mol. The maximum atomic E-state index is 11.7. The fraction of sp³-hybridized carbons (Fsp3) is 0.0588. The van der Waals surface area contributed by atoms with Crippen LogP contribution in [0.5, 0.6) is 0 Å². The van der Waals surface area contributed by atoms with Gasteiger partial charge < -0.3 is 10.2 Å². The highest BCUT2D eigenvalue weighted by Gasteiger charge is 2.14. The number of allylic oxidation sites excluding steroid dienone is 1. The van der Waals surface area contributed by atoms with Gasteiger partial charge in [0.25, 0.3) is 0 Å². The van der Waals surface area contributed by atoms with E-state index in [0.717, 1.165) is 0 Å². The van der Waals surface area contributed by atoms with Gasteiger partial charge in [0.15, 0.2) is 17.2 Å². The molecule has 0 fully saturated rings. The highest BCUT2D eigenvalue weighted by atomic mass is 16.4. The van der Waals surface area contributed by atoms with Gasteiger partial charge in [-0.1, -0.05) is 42.5 Å². The van der Waals surface area contributed by atoms with Crippen LogP contribution < -0.4 is 0 Å². The van der Waals surface area contributed by atoms with Crippen LogP contribution in [-0.4, -0.2) is 22.0 Å². The van der Waals surface area contributed by atoms with E-state index in [2.05, 4.69) is 10.2 Å². The molecular formula is C17H14N2O4. The van der Waals surface area contributed by atoms with Gasteiger partial charge >= 0.3 is 5.97 Å². The highest BCUT2D eigenvalue weighted by molar-refractivity contribution is 5.99. The molecular weight excluding hydrogens is 296 g/mol. The average Bonchev–Trinajstić information content (AvgIpc) is 2.55. The number of aliphatic hydroxyl groups excluding tert-OH is 1. The van der Waals surface area contributed by atoms with Crippen LogP contribution in [0.15, 0.2) is 70.5 Å². The second-order valence-corrected chi connectivity index (χ2v) is 4.64. The number of aromatic carboxylic acids is 1. The minimum Gasteiger partial charge on any atom is -0.505 e. The molecule has 2 aromatic carbocycles. The molecule has 2 N–H and O–H groups in total. The van der Waals surface area contributed by atoms with Crippen molar-refractivity contribution < 1.29 is 19.8 Å². The van der Waals surface area contributed by atoms with Crippen molar-refractivity contribution in [1.29, 1.82) is 0 Å². The van der Waals surface area contributed by atoms with Gasteiger partial charge in [-0.25, -0.2) is 4.79 Å². The number of ketones is 1. The van der Waals surface area contributed by atoms with E-state index in [1.807, 2.05) is 0 Å². The number of nitrogens with zero attached hydrogens (tertiary/aromatic N) is 2. The Kier molecular flexibility index (Phi) is 4.99. The molecule has 0 aliphatic heterocycles.